The van der Waals surface area contributed by atoms with E-state index in [1.54, 1.807) is 30.3 Å². The number of aromatic hydroxyl groups is 1. The Morgan fingerprint density at radius 1 is 1.06 bits per heavy atom. The monoisotopic (exact) mass is 246 g/mol. The van der Waals surface area contributed by atoms with Crippen LogP contribution in [-0.2, 0) is 4.79 Å². The second-order valence-electron chi connectivity index (χ2n) is 3.78. The number of carbonyl (C=O) groups is 1. The standard InChI is InChI=1S/C10H16O.C6H6O/c1-2-3-4-5-6-7-8-9-10-11;7-6-4-2-1-3-5-6/h6-10H,2-5H2,1H3;1-5,7H. The third kappa shape index (κ3) is 12.2. The molecule has 0 atom stereocenters. The van der Waals surface area contributed by atoms with Crippen molar-refractivity contribution in [1.82, 2.24) is 0 Å². The Morgan fingerprint density at radius 2 is 1.78 bits per heavy atom. The van der Waals surface area contributed by atoms with Gasteiger partial charge in [-0.3, -0.25) is 4.79 Å². The van der Waals surface area contributed by atoms with Gasteiger partial charge in [0.15, 0.2) is 0 Å². The molecule has 1 rings (SSSR count). The first-order valence-corrected chi connectivity index (χ1v) is 6.32. The number of para-hydroxylation sites is 1. The molecule has 1 N–H and O–H groups in total. The number of rotatable bonds is 6. The molecule has 0 radical (unpaired) electrons. The van der Waals surface area contributed by atoms with E-state index in [9.17, 15) is 4.79 Å². The second kappa shape index (κ2) is 13.2. The Balaban J connectivity index is 0.000000351. The lowest BCUT2D eigenvalue weighted by atomic mass is 10.2. The van der Waals surface area contributed by atoms with Crippen LogP contribution in [0, 0.1) is 0 Å². The van der Waals surface area contributed by atoms with Crippen molar-refractivity contribution in [3.8, 4) is 5.75 Å². The molecule has 0 aliphatic heterocycles. The number of unbranched alkanes of at least 4 members (excludes halogenated alkanes) is 3. The largest absolute Gasteiger partial charge is 0.508 e. The van der Waals surface area contributed by atoms with Gasteiger partial charge in [-0.2, -0.15) is 0 Å². The molecule has 1 aromatic carbocycles. The summed E-state index contributed by atoms with van der Waals surface area (Å²) in [5, 5.41) is 8.63. The molecule has 0 aliphatic rings. The average molecular weight is 246 g/mol. The summed E-state index contributed by atoms with van der Waals surface area (Å²) in [6, 6.07) is 8.71. The first-order valence-electron chi connectivity index (χ1n) is 6.32. The van der Waals surface area contributed by atoms with Crippen LogP contribution in [0.15, 0.2) is 54.6 Å². The van der Waals surface area contributed by atoms with E-state index in [0.717, 1.165) is 12.7 Å². The zero-order chi connectivity index (χ0) is 13.5. The molecule has 0 spiro atoms. The van der Waals surface area contributed by atoms with Gasteiger partial charge in [0.05, 0.1) is 0 Å². The maximum atomic E-state index is 9.82. The summed E-state index contributed by atoms with van der Waals surface area (Å²) in [4.78, 5) is 9.82. The van der Waals surface area contributed by atoms with E-state index < -0.39 is 0 Å². The number of carbonyl (C=O) groups excluding carboxylic acids is 1. The minimum absolute atomic E-state index is 0.322. The van der Waals surface area contributed by atoms with Crippen molar-refractivity contribution in [1.29, 1.82) is 0 Å². The van der Waals surface area contributed by atoms with E-state index in [1.165, 1.54) is 25.3 Å². The van der Waals surface area contributed by atoms with Crippen molar-refractivity contribution in [2.24, 2.45) is 0 Å². The average Bonchev–Trinajstić information content (AvgIpc) is 2.39. The second-order valence-corrected chi connectivity index (χ2v) is 3.78. The third-order valence-corrected chi connectivity index (χ3v) is 2.17. The molecule has 0 saturated heterocycles. The van der Waals surface area contributed by atoms with E-state index in [2.05, 4.69) is 13.0 Å². The van der Waals surface area contributed by atoms with Gasteiger partial charge < -0.3 is 5.11 Å². The van der Waals surface area contributed by atoms with Gasteiger partial charge in [-0.15, -0.1) is 0 Å². The number of allylic oxidation sites excluding steroid dienone is 4. The quantitative estimate of drug-likeness (QED) is 0.352. The Bertz CT molecular complexity index is 339. The minimum atomic E-state index is 0.322. The van der Waals surface area contributed by atoms with Crippen LogP contribution < -0.4 is 0 Å². The Kier molecular flexibility index (Phi) is 11.9. The van der Waals surface area contributed by atoms with Crippen molar-refractivity contribution in [3.63, 3.8) is 0 Å². The number of phenolic OH excluding ortho intramolecular Hbond substituents is 1. The molecule has 0 fully saturated rings. The summed E-state index contributed by atoms with van der Waals surface area (Å²) in [6.45, 7) is 2.19. The van der Waals surface area contributed by atoms with Gasteiger partial charge in [-0.05, 0) is 31.1 Å². The van der Waals surface area contributed by atoms with Crippen LogP contribution in [0.2, 0.25) is 0 Å². The van der Waals surface area contributed by atoms with E-state index in [1.807, 2.05) is 12.1 Å². The summed E-state index contributed by atoms with van der Waals surface area (Å²) >= 11 is 0. The molecule has 0 aliphatic carbocycles. The molecule has 2 heteroatoms. The first-order chi connectivity index (χ1) is 8.81. The molecule has 0 saturated carbocycles. The number of aldehydes is 1. The summed E-state index contributed by atoms with van der Waals surface area (Å²) in [7, 11) is 0. The predicted octanol–water partition coefficient (Wildman–Crippen LogP) is 4.27. The van der Waals surface area contributed by atoms with E-state index in [0.29, 0.717) is 5.75 Å². The minimum Gasteiger partial charge on any atom is -0.508 e. The lowest BCUT2D eigenvalue weighted by Crippen LogP contribution is -1.69. The molecule has 98 valence electrons. The highest BCUT2D eigenvalue weighted by Crippen LogP contribution is 2.02. The maximum absolute atomic E-state index is 9.82. The van der Waals surface area contributed by atoms with Gasteiger partial charge in [0, 0.05) is 0 Å². The van der Waals surface area contributed by atoms with Crippen LogP contribution in [0.25, 0.3) is 0 Å². The van der Waals surface area contributed by atoms with Gasteiger partial charge in [0.25, 0.3) is 0 Å². The number of hydrogen-bond acceptors (Lipinski definition) is 2. The van der Waals surface area contributed by atoms with Crippen LogP contribution in [0.1, 0.15) is 32.6 Å². The fourth-order valence-electron chi connectivity index (χ4n) is 1.22. The summed E-state index contributed by atoms with van der Waals surface area (Å²) in [5.74, 6) is 0.322. The van der Waals surface area contributed by atoms with E-state index in [4.69, 9.17) is 5.11 Å². The molecule has 1 aromatic rings. The van der Waals surface area contributed by atoms with Crippen LogP contribution in [0.5, 0.6) is 5.75 Å². The predicted molar refractivity (Wildman–Crippen MR) is 76.6 cm³/mol. The molecule has 0 bridgehead atoms. The molecule has 18 heavy (non-hydrogen) atoms. The zero-order valence-corrected chi connectivity index (χ0v) is 11.0. The van der Waals surface area contributed by atoms with Crippen LogP contribution in [0.3, 0.4) is 0 Å². The van der Waals surface area contributed by atoms with Crippen molar-refractivity contribution < 1.29 is 9.90 Å². The summed E-state index contributed by atoms with van der Waals surface area (Å²) in [6.07, 6.45) is 13.0. The highest BCUT2D eigenvalue weighted by atomic mass is 16.3. The Morgan fingerprint density at radius 3 is 2.28 bits per heavy atom. The van der Waals surface area contributed by atoms with E-state index in [-0.39, 0.29) is 0 Å². The first kappa shape index (κ1) is 16.2. The lowest BCUT2D eigenvalue weighted by Gasteiger charge is -1.89. The molecule has 0 heterocycles. The Labute approximate surface area is 110 Å². The van der Waals surface area contributed by atoms with Crippen LogP contribution >= 0.6 is 0 Å². The molecule has 0 unspecified atom stereocenters. The van der Waals surface area contributed by atoms with Crippen molar-refractivity contribution in [2.45, 2.75) is 32.6 Å². The van der Waals surface area contributed by atoms with Crippen molar-refractivity contribution >= 4 is 6.29 Å². The molecular formula is C16H22O2. The number of phenols is 1. The van der Waals surface area contributed by atoms with Crippen LogP contribution in [-0.4, -0.2) is 11.4 Å². The van der Waals surface area contributed by atoms with Gasteiger partial charge in [-0.25, -0.2) is 0 Å². The third-order valence-electron chi connectivity index (χ3n) is 2.17. The molecular weight excluding hydrogens is 224 g/mol. The number of hydrogen-bond donors (Lipinski definition) is 1. The van der Waals surface area contributed by atoms with Gasteiger partial charge in [-0.1, -0.05) is 56.2 Å². The SMILES string of the molecule is CCCCCC=CC=CC=O.Oc1ccccc1. The summed E-state index contributed by atoms with van der Waals surface area (Å²) < 4.78 is 0. The van der Waals surface area contributed by atoms with Crippen molar-refractivity contribution in [3.05, 3.63) is 54.6 Å². The van der Waals surface area contributed by atoms with Crippen molar-refractivity contribution in [2.75, 3.05) is 0 Å². The van der Waals surface area contributed by atoms with Gasteiger partial charge in [0.1, 0.15) is 12.0 Å². The highest BCUT2D eigenvalue weighted by Gasteiger charge is 1.79. The topological polar surface area (TPSA) is 37.3 Å². The molecule has 0 aromatic heterocycles. The van der Waals surface area contributed by atoms with E-state index >= 15 is 0 Å². The smallest absolute Gasteiger partial charge is 0.142 e. The summed E-state index contributed by atoms with van der Waals surface area (Å²) in [5.41, 5.74) is 0. The zero-order valence-electron chi connectivity index (χ0n) is 11.0. The lowest BCUT2D eigenvalue weighted by molar-refractivity contribution is -0.104. The van der Waals surface area contributed by atoms with Gasteiger partial charge in [0.2, 0.25) is 0 Å². The highest BCUT2D eigenvalue weighted by molar-refractivity contribution is 5.65. The fourth-order valence-corrected chi connectivity index (χ4v) is 1.22. The molecule has 0 amide bonds. The normalized spacial score (nSPS) is 10.3. The maximum Gasteiger partial charge on any atom is 0.142 e. The van der Waals surface area contributed by atoms with Gasteiger partial charge >= 0.3 is 0 Å². The molecule has 2 nitrogen and oxygen atoms in total. The number of benzene rings is 1. The van der Waals surface area contributed by atoms with Crippen LogP contribution in [0.4, 0.5) is 0 Å². The fraction of sp³-hybridized carbons (Fsp3) is 0.312. The Hall–Kier alpha value is -1.83.